The number of esters is 1. The predicted molar refractivity (Wildman–Crippen MR) is 120 cm³/mol. The van der Waals surface area contributed by atoms with E-state index in [9.17, 15) is 14.4 Å². The molecule has 7 nitrogen and oxygen atoms in total. The SMILES string of the molecule is COc1ccc(Cl)cc1NC(=O)C(C)OC(=O)CNC(=O)c1ccc(C(C)(C)C)cc1. The lowest BCUT2D eigenvalue weighted by molar-refractivity contribution is -0.152. The van der Waals surface area contributed by atoms with E-state index in [1.807, 2.05) is 12.1 Å². The summed E-state index contributed by atoms with van der Waals surface area (Å²) in [6.07, 6.45) is -1.08. The van der Waals surface area contributed by atoms with Crippen molar-refractivity contribution in [3.63, 3.8) is 0 Å². The van der Waals surface area contributed by atoms with Gasteiger partial charge in [0.2, 0.25) is 0 Å². The van der Waals surface area contributed by atoms with Gasteiger partial charge in [-0.05, 0) is 48.2 Å². The normalized spacial score (nSPS) is 11.9. The molecule has 0 aromatic heterocycles. The number of halogens is 1. The summed E-state index contributed by atoms with van der Waals surface area (Å²) in [5.41, 5.74) is 1.86. The molecule has 1 unspecified atom stereocenters. The third kappa shape index (κ3) is 7.00. The molecule has 2 aromatic carbocycles. The van der Waals surface area contributed by atoms with Crippen LogP contribution in [0.1, 0.15) is 43.6 Å². The summed E-state index contributed by atoms with van der Waals surface area (Å²) < 4.78 is 10.3. The Kier molecular flexibility index (Phi) is 8.05. The van der Waals surface area contributed by atoms with Crippen LogP contribution < -0.4 is 15.4 Å². The van der Waals surface area contributed by atoms with Gasteiger partial charge in [-0.25, -0.2) is 0 Å². The van der Waals surface area contributed by atoms with Gasteiger partial charge in [0.05, 0.1) is 12.8 Å². The molecular weight excluding hydrogens is 420 g/mol. The first-order valence-electron chi connectivity index (χ1n) is 9.74. The Morgan fingerprint density at radius 1 is 1.06 bits per heavy atom. The van der Waals surface area contributed by atoms with Crippen LogP contribution in [0.4, 0.5) is 5.69 Å². The maximum atomic E-state index is 12.3. The maximum absolute atomic E-state index is 12.3. The van der Waals surface area contributed by atoms with E-state index in [-0.39, 0.29) is 12.0 Å². The first kappa shape index (κ1) is 24.2. The molecule has 31 heavy (non-hydrogen) atoms. The quantitative estimate of drug-likeness (QED) is 0.628. The van der Waals surface area contributed by atoms with Gasteiger partial charge in [-0.1, -0.05) is 44.5 Å². The maximum Gasteiger partial charge on any atom is 0.326 e. The Morgan fingerprint density at radius 3 is 2.29 bits per heavy atom. The Bertz CT molecular complexity index is 951. The number of amides is 2. The molecule has 8 heteroatoms. The second kappa shape index (κ2) is 10.3. The van der Waals surface area contributed by atoms with Crippen molar-refractivity contribution in [2.24, 2.45) is 0 Å². The molecular formula is C23H27ClN2O5. The van der Waals surface area contributed by atoms with Gasteiger partial charge in [-0.2, -0.15) is 0 Å². The largest absolute Gasteiger partial charge is 0.495 e. The Labute approximate surface area is 187 Å². The molecule has 0 heterocycles. The molecule has 166 valence electrons. The minimum atomic E-state index is -1.08. The average molecular weight is 447 g/mol. The minimum absolute atomic E-state index is 0.0232. The van der Waals surface area contributed by atoms with E-state index in [1.165, 1.54) is 20.1 Å². The number of anilines is 1. The lowest BCUT2D eigenvalue weighted by Crippen LogP contribution is -2.35. The van der Waals surface area contributed by atoms with E-state index >= 15 is 0 Å². The summed E-state index contributed by atoms with van der Waals surface area (Å²) in [7, 11) is 1.46. The van der Waals surface area contributed by atoms with Crippen LogP contribution in [0.5, 0.6) is 5.75 Å². The number of ether oxygens (including phenoxy) is 2. The molecule has 0 aliphatic rings. The Morgan fingerprint density at radius 2 is 1.71 bits per heavy atom. The van der Waals surface area contributed by atoms with Gasteiger partial charge in [0.1, 0.15) is 12.3 Å². The molecule has 0 saturated carbocycles. The minimum Gasteiger partial charge on any atom is -0.495 e. The highest BCUT2D eigenvalue weighted by molar-refractivity contribution is 6.31. The number of hydrogen-bond donors (Lipinski definition) is 2. The van der Waals surface area contributed by atoms with E-state index in [4.69, 9.17) is 21.1 Å². The summed E-state index contributed by atoms with van der Waals surface area (Å²) in [5, 5.41) is 5.51. The van der Waals surface area contributed by atoms with Crippen LogP contribution in [0.15, 0.2) is 42.5 Å². The van der Waals surface area contributed by atoms with Crippen molar-refractivity contribution < 1.29 is 23.9 Å². The van der Waals surface area contributed by atoms with Gasteiger partial charge < -0.3 is 20.1 Å². The molecule has 2 amide bonds. The van der Waals surface area contributed by atoms with Crippen molar-refractivity contribution in [1.29, 1.82) is 0 Å². The predicted octanol–water partition coefficient (Wildman–Crippen LogP) is 3.95. The monoisotopic (exact) mass is 446 g/mol. The zero-order valence-corrected chi connectivity index (χ0v) is 19.0. The number of rotatable bonds is 7. The lowest BCUT2D eigenvalue weighted by Gasteiger charge is -2.19. The highest BCUT2D eigenvalue weighted by Crippen LogP contribution is 2.28. The molecule has 2 rings (SSSR count). The first-order valence-corrected chi connectivity index (χ1v) is 10.1. The summed E-state index contributed by atoms with van der Waals surface area (Å²) >= 11 is 5.94. The van der Waals surface area contributed by atoms with E-state index in [1.54, 1.807) is 24.3 Å². The van der Waals surface area contributed by atoms with Crippen LogP contribution in [-0.2, 0) is 19.7 Å². The van der Waals surface area contributed by atoms with Crippen LogP contribution in [0, 0.1) is 0 Å². The van der Waals surface area contributed by atoms with Crippen molar-refractivity contribution in [3.8, 4) is 5.75 Å². The fraction of sp³-hybridized carbons (Fsp3) is 0.348. The molecule has 2 aromatic rings. The smallest absolute Gasteiger partial charge is 0.326 e. The zero-order chi connectivity index (χ0) is 23.2. The fourth-order valence-corrected chi connectivity index (χ4v) is 2.85. The van der Waals surface area contributed by atoms with Gasteiger partial charge in [0.15, 0.2) is 6.10 Å². The Hall–Kier alpha value is -3.06. The van der Waals surface area contributed by atoms with E-state index in [0.29, 0.717) is 22.0 Å². The number of nitrogens with one attached hydrogen (secondary N) is 2. The molecule has 2 N–H and O–H groups in total. The lowest BCUT2D eigenvalue weighted by atomic mass is 9.87. The highest BCUT2D eigenvalue weighted by Gasteiger charge is 2.20. The molecule has 0 bridgehead atoms. The zero-order valence-electron chi connectivity index (χ0n) is 18.2. The molecule has 0 spiro atoms. The van der Waals surface area contributed by atoms with Crippen molar-refractivity contribution in [2.75, 3.05) is 19.0 Å². The summed E-state index contributed by atoms with van der Waals surface area (Å²) in [4.78, 5) is 36.6. The summed E-state index contributed by atoms with van der Waals surface area (Å²) in [5.74, 6) is -1.28. The van der Waals surface area contributed by atoms with Crippen molar-refractivity contribution in [1.82, 2.24) is 5.32 Å². The summed E-state index contributed by atoms with van der Waals surface area (Å²) in [6, 6.07) is 11.9. The molecule has 0 aliphatic heterocycles. The van der Waals surface area contributed by atoms with Crippen LogP contribution in [0.3, 0.4) is 0 Å². The number of benzene rings is 2. The highest BCUT2D eigenvalue weighted by atomic mass is 35.5. The van der Waals surface area contributed by atoms with Gasteiger partial charge in [0.25, 0.3) is 11.8 Å². The number of hydrogen-bond acceptors (Lipinski definition) is 5. The van der Waals surface area contributed by atoms with Crippen LogP contribution in [-0.4, -0.2) is 37.5 Å². The topological polar surface area (TPSA) is 93.7 Å². The molecule has 0 aliphatic carbocycles. The van der Waals surface area contributed by atoms with Crippen LogP contribution >= 0.6 is 11.6 Å². The van der Waals surface area contributed by atoms with Gasteiger partial charge in [-0.15, -0.1) is 0 Å². The standard InChI is InChI=1S/C23H27ClN2O5/c1-14(21(28)26-18-12-17(24)10-11-19(18)30-5)31-20(27)13-25-22(29)15-6-8-16(9-7-15)23(2,3)4/h6-12,14H,13H2,1-5H3,(H,25,29)(H,26,28). The van der Waals surface area contributed by atoms with Crippen LogP contribution in [0.25, 0.3) is 0 Å². The van der Waals surface area contributed by atoms with Gasteiger partial charge in [-0.3, -0.25) is 14.4 Å². The third-order valence-corrected chi connectivity index (χ3v) is 4.74. The third-order valence-electron chi connectivity index (χ3n) is 4.50. The fourth-order valence-electron chi connectivity index (χ4n) is 2.68. The van der Waals surface area contributed by atoms with E-state index in [0.717, 1.165) is 5.56 Å². The molecule has 0 fully saturated rings. The van der Waals surface area contributed by atoms with E-state index < -0.39 is 23.9 Å². The van der Waals surface area contributed by atoms with Crippen molar-refractivity contribution >= 4 is 35.1 Å². The Balaban J connectivity index is 1.87. The number of carbonyl (C=O) groups is 3. The molecule has 0 radical (unpaired) electrons. The molecule has 0 saturated heterocycles. The summed E-state index contributed by atoms with van der Waals surface area (Å²) in [6.45, 7) is 7.31. The second-order valence-corrected chi connectivity index (χ2v) is 8.41. The van der Waals surface area contributed by atoms with E-state index in [2.05, 4.69) is 31.4 Å². The van der Waals surface area contributed by atoms with Crippen molar-refractivity contribution in [2.45, 2.75) is 39.2 Å². The average Bonchev–Trinajstić information content (AvgIpc) is 2.71. The van der Waals surface area contributed by atoms with Gasteiger partial charge in [0, 0.05) is 10.6 Å². The van der Waals surface area contributed by atoms with Gasteiger partial charge >= 0.3 is 5.97 Å². The van der Waals surface area contributed by atoms with Crippen molar-refractivity contribution in [3.05, 3.63) is 58.6 Å². The number of carbonyl (C=O) groups excluding carboxylic acids is 3. The second-order valence-electron chi connectivity index (χ2n) is 7.98. The molecule has 1 atom stereocenters. The number of methoxy groups -OCH3 is 1. The van der Waals surface area contributed by atoms with Crippen LogP contribution in [0.2, 0.25) is 5.02 Å². The first-order chi connectivity index (χ1) is 14.5.